The minimum atomic E-state index is -1.11. The maximum atomic E-state index is 13.8. The quantitative estimate of drug-likeness (QED) is 0.441. The minimum Gasteiger partial charge on any atom is -0.391 e. The molecule has 6 unspecified atom stereocenters. The molecule has 4 N–H and O–H groups in total. The van der Waals surface area contributed by atoms with Gasteiger partial charge in [-0.1, -0.05) is 0 Å². The van der Waals surface area contributed by atoms with Gasteiger partial charge in [-0.05, 0) is 51.9 Å². The average molecular weight is 462 g/mol. The lowest BCUT2D eigenvalue weighted by atomic mass is 9.59. The fraction of sp³-hybridized carbons (Fsp3) is 0.905. The third-order valence-corrected chi connectivity index (χ3v) is 8.16. The number of carbonyl (C=O) groups excluding carboxylic acids is 2. The van der Waals surface area contributed by atoms with Gasteiger partial charge in [0.25, 0.3) is 0 Å². The predicted octanol–water partition coefficient (Wildman–Crippen LogP) is 1.09. The molecule has 31 heavy (non-hydrogen) atoms. The summed E-state index contributed by atoms with van der Waals surface area (Å²) in [5.74, 6) is -0.618. The van der Waals surface area contributed by atoms with Gasteiger partial charge in [0.2, 0.25) is 11.8 Å². The van der Waals surface area contributed by atoms with Crippen molar-refractivity contribution in [3.63, 3.8) is 0 Å². The monoisotopic (exact) mass is 461 g/mol. The molecule has 4 aliphatic carbocycles. The molecule has 5 fully saturated rings. The number of halogens is 2. The number of aliphatic hydroxyl groups is 1. The van der Waals surface area contributed by atoms with E-state index >= 15 is 0 Å². The molecule has 176 valence electrons. The fourth-order valence-electron chi connectivity index (χ4n) is 5.54. The summed E-state index contributed by atoms with van der Waals surface area (Å²) < 4.78 is 19.4. The van der Waals surface area contributed by atoms with Crippen LogP contribution in [-0.2, 0) is 19.2 Å². The molecule has 10 heteroatoms. The van der Waals surface area contributed by atoms with E-state index in [4.69, 9.17) is 21.2 Å². The first-order valence-corrected chi connectivity index (χ1v) is 11.7. The third-order valence-electron chi connectivity index (χ3n) is 7.67. The van der Waals surface area contributed by atoms with Gasteiger partial charge in [0, 0.05) is 18.5 Å². The number of alkyl halides is 2. The molecule has 0 aromatic heterocycles. The number of hydroxylamine groups is 1. The summed E-state index contributed by atoms with van der Waals surface area (Å²) >= 11 is 5.90. The van der Waals surface area contributed by atoms with E-state index in [2.05, 4.69) is 16.1 Å². The van der Waals surface area contributed by atoms with Crippen LogP contribution in [-0.4, -0.2) is 71.0 Å². The first kappa shape index (κ1) is 23.2. The number of nitrogens with one attached hydrogen (secondary N) is 3. The maximum Gasteiger partial charge on any atom is 0.246 e. The average Bonchev–Trinajstić information content (AvgIpc) is 3.16. The zero-order valence-electron chi connectivity index (χ0n) is 17.9. The molecule has 1 aliphatic heterocycles. The molecule has 8 nitrogen and oxygen atoms in total. The summed E-state index contributed by atoms with van der Waals surface area (Å²) in [4.78, 5) is 30.5. The number of hydrogen-bond donors (Lipinski definition) is 4. The lowest BCUT2D eigenvalue weighted by molar-refractivity contribution is -0.141. The van der Waals surface area contributed by atoms with Crippen molar-refractivity contribution < 1.29 is 28.7 Å². The molecular formula is C21H33ClFN3O5. The Labute approximate surface area is 186 Å². The summed E-state index contributed by atoms with van der Waals surface area (Å²) in [5, 5.41) is 16.5. The van der Waals surface area contributed by atoms with Crippen molar-refractivity contribution in [2.24, 2.45) is 5.92 Å². The normalized spacial score (nSPS) is 44.8. The van der Waals surface area contributed by atoms with Crippen molar-refractivity contribution in [2.75, 3.05) is 13.2 Å². The van der Waals surface area contributed by atoms with E-state index in [9.17, 15) is 19.1 Å². The summed E-state index contributed by atoms with van der Waals surface area (Å²) in [7, 11) is 0. The van der Waals surface area contributed by atoms with Crippen LogP contribution >= 0.6 is 11.6 Å². The van der Waals surface area contributed by atoms with E-state index in [-0.39, 0.29) is 43.0 Å². The van der Waals surface area contributed by atoms with Crippen LogP contribution < -0.4 is 16.1 Å². The number of ether oxygens (including phenoxy) is 1. The second-order valence-corrected chi connectivity index (χ2v) is 10.3. The standard InChI is InChI=1S/C21H33ClFN3O5/c1-12-14(10-24-31-12)19(29)26-20-4-6-21(7-5-20,17(27)9-20)25-18(28)11-30-13-2-3-15(22)16(23)8-13/h12-17,24,27H,2-11H2,1H3,(H,25,28)(H,26,29). The van der Waals surface area contributed by atoms with Crippen LogP contribution in [0.5, 0.6) is 0 Å². The Bertz CT molecular complexity index is 690. The molecule has 0 aromatic rings. The lowest BCUT2D eigenvalue weighted by Gasteiger charge is -2.56. The van der Waals surface area contributed by atoms with Crippen molar-refractivity contribution in [1.82, 2.24) is 16.1 Å². The molecule has 1 saturated heterocycles. The molecule has 1 heterocycles. The Hall–Kier alpha value is -1.00. The molecule has 0 aromatic carbocycles. The van der Waals surface area contributed by atoms with E-state index in [1.807, 2.05) is 6.92 Å². The highest BCUT2D eigenvalue weighted by Gasteiger charge is 2.55. The molecule has 2 bridgehead atoms. The van der Waals surface area contributed by atoms with E-state index < -0.39 is 28.7 Å². The highest BCUT2D eigenvalue weighted by molar-refractivity contribution is 6.21. The van der Waals surface area contributed by atoms with Gasteiger partial charge in [0.1, 0.15) is 12.8 Å². The highest BCUT2D eigenvalue weighted by atomic mass is 35.5. The summed E-state index contributed by atoms with van der Waals surface area (Å²) in [6.45, 7) is 2.17. The first-order chi connectivity index (χ1) is 14.7. The van der Waals surface area contributed by atoms with Gasteiger partial charge >= 0.3 is 0 Å². The van der Waals surface area contributed by atoms with Crippen LogP contribution in [0.2, 0.25) is 0 Å². The number of carbonyl (C=O) groups is 2. The smallest absolute Gasteiger partial charge is 0.246 e. The zero-order chi connectivity index (χ0) is 22.2. The van der Waals surface area contributed by atoms with Gasteiger partial charge < -0.3 is 20.5 Å². The highest BCUT2D eigenvalue weighted by Crippen LogP contribution is 2.47. The van der Waals surface area contributed by atoms with Crippen LogP contribution in [0, 0.1) is 5.92 Å². The number of rotatable bonds is 6. The largest absolute Gasteiger partial charge is 0.391 e. The maximum absolute atomic E-state index is 13.8. The van der Waals surface area contributed by atoms with Crippen LogP contribution in [0.15, 0.2) is 0 Å². The second kappa shape index (κ2) is 9.09. The Balaban J connectivity index is 1.27. The Morgan fingerprint density at radius 3 is 2.61 bits per heavy atom. The van der Waals surface area contributed by atoms with Gasteiger partial charge in [0.05, 0.1) is 35.1 Å². The first-order valence-electron chi connectivity index (χ1n) is 11.3. The van der Waals surface area contributed by atoms with Crippen molar-refractivity contribution in [3.8, 4) is 0 Å². The van der Waals surface area contributed by atoms with Crippen molar-refractivity contribution >= 4 is 23.4 Å². The van der Waals surface area contributed by atoms with Gasteiger partial charge in [-0.3, -0.25) is 14.4 Å². The second-order valence-electron chi connectivity index (χ2n) is 9.75. The SMILES string of the molecule is CC1ONCC1C(=O)NC12CCC(NC(=O)COC3CCC(Cl)C(F)C3)(CC1)C(O)C2. The lowest BCUT2D eigenvalue weighted by Crippen LogP contribution is -2.70. The third kappa shape index (κ3) is 4.85. The van der Waals surface area contributed by atoms with E-state index in [0.717, 1.165) is 0 Å². The van der Waals surface area contributed by atoms with Crippen molar-refractivity contribution in [1.29, 1.82) is 0 Å². The molecule has 5 rings (SSSR count). The number of hydrogen-bond acceptors (Lipinski definition) is 6. The summed E-state index contributed by atoms with van der Waals surface area (Å²) in [5.41, 5.74) is 1.61. The number of aliphatic hydroxyl groups excluding tert-OH is 1. The Morgan fingerprint density at radius 2 is 2.00 bits per heavy atom. The van der Waals surface area contributed by atoms with E-state index in [0.29, 0.717) is 51.5 Å². The molecular weight excluding hydrogens is 429 g/mol. The zero-order valence-corrected chi connectivity index (χ0v) is 18.6. The van der Waals surface area contributed by atoms with Crippen LogP contribution in [0.25, 0.3) is 0 Å². The van der Waals surface area contributed by atoms with Crippen LogP contribution in [0.1, 0.15) is 58.3 Å². The van der Waals surface area contributed by atoms with E-state index in [1.54, 1.807) is 0 Å². The summed E-state index contributed by atoms with van der Waals surface area (Å²) in [6, 6.07) is 0. The minimum absolute atomic E-state index is 0.0608. The molecule has 4 saturated carbocycles. The summed E-state index contributed by atoms with van der Waals surface area (Å²) in [6.07, 6.45) is 1.95. The van der Waals surface area contributed by atoms with Crippen molar-refractivity contribution in [3.05, 3.63) is 0 Å². The van der Waals surface area contributed by atoms with Crippen LogP contribution in [0.3, 0.4) is 0 Å². The molecule has 6 atom stereocenters. The Morgan fingerprint density at radius 1 is 1.26 bits per heavy atom. The van der Waals surface area contributed by atoms with Crippen molar-refractivity contribution in [2.45, 2.75) is 99.2 Å². The molecule has 2 amide bonds. The molecule has 5 aliphatic rings. The fourth-order valence-corrected chi connectivity index (χ4v) is 5.77. The van der Waals surface area contributed by atoms with E-state index in [1.165, 1.54) is 0 Å². The predicted molar refractivity (Wildman–Crippen MR) is 111 cm³/mol. The molecule has 0 radical (unpaired) electrons. The van der Waals surface area contributed by atoms with Gasteiger partial charge in [-0.15, -0.1) is 11.6 Å². The van der Waals surface area contributed by atoms with Crippen LogP contribution in [0.4, 0.5) is 4.39 Å². The topological polar surface area (TPSA) is 109 Å². The number of fused-ring (bicyclic) bond motifs is 3. The van der Waals surface area contributed by atoms with Gasteiger partial charge in [-0.2, -0.15) is 0 Å². The van der Waals surface area contributed by atoms with Gasteiger partial charge in [0.15, 0.2) is 0 Å². The number of amides is 2. The molecule has 0 spiro atoms. The van der Waals surface area contributed by atoms with Gasteiger partial charge in [-0.25, -0.2) is 9.87 Å². The Kier molecular flexibility index (Phi) is 6.80.